The average molecular weight is 424 g/mol. The number of ether oxygens (including phenoxy) is 1. The zero-order valence-electron chi connectivity index (χ0n) is 16.4. The lowest BCUT2D eigenvalue weighted by molar-refractivity contribution is 0.0955. The highest BCUT2D eigenvalue weighted by Crippen LogP contribution is 2.32. The first-order chi connectivity index (χ1) is 14.4. The van der Waals surface area contributed by atoms with Crippen molar-refractivity contribution < 1.29 is 22.1 Å². The van der Waals surface area contributed by atoms with Crippen molar-refractivity contribution in [2.45, 2.75) is 11.8 Å². The lowest BCUT2D eigenvalue weighted by Gasteiger charge is -2.13. The van der Waals surface area contributed by atoms with Gasteiger partial charge in [-0.1, -0.05) is 42.0 Å². The van der Waals surface area contributed by atoms with Gasteiger partial charge in [-0.15, -0.1) is 0 Å². The molecule has 0 spiro atoms. The fourth-order valence-electron chi connectivity index (χ4n) is 2.56. The number of methoxy groups -OCH3 is 1. The molecule has 0 radical (unpaired) electrons. The summed E-state index contributed by atoms with van der Waals surface area (Å²) in [6, 6.07) is 19.7. The zero-order valence-corrected chi connectivity index (χ0v) is 17.2. The molecule has 3 aromatic carbocycles. The molecule has 3 rings (SSSR count). The molecular weight excluding hydrogens is 404 g/mol. The second-order valence-corrected chi connectivity index (χ2v) is 7.84. The first-order valence-corrected chi connectivity index (χ1v) is 10.4. The number of benzene rings is 3. The smallest absolute Gasteiger partial charge is 0.339 e. The van der Waals surface area contributed by atoms with Gasteiger partial charge >= 0.3 is 10.1 Å². The van der Waals surface area contributed by atoms with E-state index in [9.17, 15) is 13.2 Å². The van der Waals surface area contributed by atoms with Crippen molar-refractivity contribution in [1.29, 1.82) is 0 Å². The summed E-state index contributed by atoms with van der Waals surface area (Å²) in [6.07, 6.45) is 1.29. The van der Waals surface area contributed by atoms with Crippen molar-refractivity contribution in [3.63, 3.8) is 0 Å². The van der Waals surface area contributed by atoms with Gasteiger partial charge in [0.1, 0.15) is 4.90 Å². The largest absolute Gasteiger partial charge is 0.493 e. The maximum absolute atomic E-state index is 12.7. The molecule has 8 heteroatoms. The van der Waals surface area contributed by atoms with Gasteiger partial charge in [0, 0.05) is 11.1 Å². The van der Waals surface area contributed by atoms with E-state index in [0.717, 1.165) is 5.56 Å². The van der Waals surface area contributed by atoms with Crippen LogP contribution in [0.5, 0.6) is 11.5 Å². The number of carbonyl (C=O) groups excluding carboxylic acids is 1. The molecule has 3 aromatic rings. The summed E-state index contributed by atoms with van der Waals surface area (Å²) >= 11 is 0. The van der Waals surface area contributed by atoms with Crippen LogP contribution in [0, 0.1) is 6.92 Å². The lowest BCUT2D eigenvalue weighted by Crippen LogP contribution is -2.17. The molecule has 0 aliphatic carbocycles. The monoisotopic (exact) mass is 424 g/mol. The maximum Gasteiger partial charge on any atom is 0.339 e. The van der Waals surface area contributed by atoms with Crippen molar-refractivity contribution in [3.8, 4) is 11.5 Å². The van der Waals surface area contributed by atoms with E-state index in [4.69, 9.17) is 8.92 Å². The molecule has 0 bridgehead atoms. The fraction of sp³-hybridized carbons (Fsp3) is 0.0909. The van der Waals surface area contributed by atoms with Gasteiger partial charge in [-0.3, -0.25) is 4.79 Å². The first-order valence-electron chi connectivity index (χ1n) is 8.97. The van der Waals surface area contributed by atoms with Gasteiger partial charge in [0.15, 0.2) is 11.5 Å². The van der Waals surface area contributed by atoms with E-state index in [0.29, 0.717) is 11.1 Å². The summed E-state index contributed by atoms with van der Waals surface area (Å²) in [6.45, 7) is 1.86. The Bertz CT molecular complexity index is 1160. The normalized spacial score (nSPS) is 11.3. The predicted molar refractivity (Wildman–Crippen MR) is 113 cm³/mol. The molecule has 0 saturated heterocycles. The predicted octanol–water partition coefficient (Wildman–Crippen LogP) is 3.54. The Morgan fingerprint density at radius 2 is 1.67 bits per heavy atom. The van der Waals surface area contributed by atoms with Crippen LogP contribution in [-0.2, 0) is 10.1 Å². The summed E-state index contributed by atoms with van der Waals surface area (Å²) in [7, 11) is -2.70. The number of hydrogen-bond donors (Lipinski definition) is 1. The molecular formula is C22H20N2O5S. The number of rotatable bonds is 7. The van der Waals surface area contributed by atoms with Crippen LogP contribution in [0.2, 0.25) is 0 Å². The lowest BCUT2D eigenvalue weighted by atomic mass is 10.2. The third kappa shape index (κ3) is 5.03. The molecule has 7 nitrogen and oxygen atoms in total. The minimum atomic E-state index is -4.10. The van der Waals surface area contributed by atoms with Crippen molar-refractivity contribution in [2.75, 3.05) is 7.11 Å². The van der Waals surface area contributed by atoms with Crippen LogP contribution in [0.4, 0.5) is 0 Å². The summed E-state index contributed by atoms with van der Waals surface area (Å²) in [5.74, 6) is -0.216. The Kier molecular flexibility index (Phi) is 6.48. The minimum absolute atomic E-state index is 0.0132. The van der Waals surface area contributed by atoms with Gasteiger partial charge in [-0.25, -0.2) is 5.43 Å². The standard InChI is InChI=1S/C22H20N2O5S/c1-16-11-13-19(14-12-16)30(26,27)29-21-18(9-6-10-20(21)28-2)15-23-24-22(25)17-7-4-3-5-8-17/h3-15H,1-2H3,(H,24,25)/b23-15-. The Labute approximate surface area is 175 Å². The van der Waals surface area contributed by atoms with Gasteiger partial charge in [0.25, 0.3) is 5.91 Å². The highest BCUT2D eigenvalue weighted by Gasteiger charge is 2.21. The van der Waals surface area contributed by atoms with Crippen molar-refractivity contribution in [3.05, 3.63) is 89.5 Å². The van der Waals surface area contributed by atoms with Crippen molar-refractivity contribution in [1.82, 2.24) is 5.43 Å². The molecule has 0 atom stereocenters. The molecule has 154 valence electrons. The Morgan fingerprint density at radius 1 is 0.967 bits per heavy atom. The Hall–Kier alpha value is -3.65. The third-order valence-electron chi connectivity index (χ3n) is 4.14. The first kappa shape index (κ1) is 21.1. The Balaban J connectivity index is 1.86. The fourth-order valence-corrected chi connectivity index (χ4v) is 3.53. The maximum atomic E-state index is 12.7. The molecule has 1 N–H and O–H groups in total. The average Bonchev–Trinajstić information content (AvgIpc) is 2.75. The van der Waals surface area contributed by atoms with E-state index in [1.165, 1.54) is 25.5 Å². The number of nitrogens with one attached hydrogen (secondary N) is 1. The summed E-state index contributed by atoms with van der Waals surface area (Å²) < 4.78 is 36.0. The third-order valence-corrected chi connectivity index (χ3v) is 5.37. The van der Waals surface area contributed by atoms with Gasteiger partial charge in [0.05, 0.1) is 13.3 Å². The summed E-state index contributed by atoms with van der Waals surface area (Å²) in [4.78, 5) is 12.1. The van der Waals surface area contributed by atoms with Crippen LogP contribution in [0.3, 0.4) is 0 Å². The number of hydrazone groups is 1. The Morgan fingerprint density at radius 3 is 2.33 bits per heavy atom. The van der Waals surface area contributed by atoms with Gasteiger partial charge in [-0.2, -0.15) is 13.5 Å². The second kappa shape index (κ2) is 9.23. The number of carbonyl (C=O) groups is 1. The molecule has 0 unspecified atom stereocenters. The number of hydrogen-bond acceptors (Lipinski definition) is 6. The second-order valence-electron chi connectivity index (χ2n) is 6.29. The number of nitrogens with zero attached hydrogens (tertiary/aromatic N) is 1. The van der Waals surface area contributed by atoms with E-state index >= 15 is 0 Å². The molecule has 0 fully saturated rings. The van der Waals surface area contributed by atoms with Crippen molar-refractivity contribution in [2.24, 2.45) is 5.10 Å². The number of aryl methyl sites for hydroxylation is 1. The number of para-hydroxylation sites is 1. The van der Waals surface area contributed by atoms with E-state index in [1.807, 2.05) is 6.92 Å². The zero-order chi connectivity index (χ0) is 21.6. The van der Waals surface area contributed by atoms with Gasteiger partial charge in [0.2, 0.25) is 0 Å². The molecule has 0 aliphatic heterocycles. The van der Waals surface area contributed by atoms with Crippen molar-refractivity contribution >= 4 is 22.2 Å². The summed E-state index contributed by atoms with van der Waals surface area (Å²) in [5, 5.41) is 3.91. The van der Waals surface area contributed by atoms with E-state index < -0.39 is 16.0 Å². The van der Waals surface area contributed by atoms with Crippen LogP contribution < -0.4 is 14.3 Å². The summed E-state index contributed by atoms with van der Waals surface area (Å²) in [5.41, 5.74) is 4.08. The minimum Gasteiger partial charge on any atom is -0.493 e. The van der Waals surface area contributed by atoms with E-state index in [1.54, 1.807) is 60.7 Å². The van der Waals surface area contributed by atoms with Crippen LogP contribution in [-0.4, -0.2) is 27.6 Å². The van der Waals surface area contributed by atoms with Gasteiger partial charge in [-0.05, 0) is 43.3 Å². The quantitative estimate of drug-likeness (QED) is 0.356. The highest BCUT2D eigenvalue weighted by atomic mass is 32.2. The van der Waals surface area contributed by atoms with Crippen LogP contribution in [0.15, 0.2) is 82.8 Å². The molecule has 0 heterocycles. The van der Waals surface area contributed by atoms with E-state index in [2.05, 4.69) is 10.5 Å². The highest BCUT2D eigenvalue weighted by molar-refractivity contribution is 7.87. The van der Waals surface area contributed by atoms with Crippen LogP contribution in [0.25, 0.3) is 0 Å². The topological polar surface area (TPSA) is 94.1 Å². The molecule has 30 heavy (non-hydrogen) atoms. The van der Waals surface area contributed by atoms with Crippen LogP contribution >= 0.6 is 0 Å². The van der Waals surface area contributed by atoms with Crippen LogP contribution in [0.1, 0.15) is 21.5 Å². The number of amides is 1. The molecule has 0 saturated carbocycles. The SMILES string of the molecule is COc1cccc(/C=N\NC(=O)c2ccccc2)c1OS(=O)(=O)c1ccc(C)cc1. The van der Waals surface area contributed by atoms with Gasteiger partial charge < -0.3 is 8.92 Å². The molecule has 1 amide bonds. The van der Waals surface area contributed by atoms with E-state index in [-0.39, 0.29) is 16.4 Å². The molecule has 0 aromatic heterocycles. The molecule has 0 aliphatic rings.